The Morgan fingerprint density at radius 3 is 1.88 bits per heavy atom. The summed E-state index contributed by atoms with van der Waals surface area (Å²) in [7, 11) is 0. The van der Waals surface area contributed by atoms with Crippen LogP contribution in [0.4, 0.5) is 0 Å². The molecular formula is C13H24ClNO. The second kappa shape index (κ2) is 7.72. The van der Waals surface area contributed by atoms with Gasteiger partial charge in [0.05, 0.1) is 0 Å². The van der Waals surface area contributed by atoms with E-state index in [0.29, 0.717) is 11.8 Å². The van der Waals surface area contributed by atoms with Crippen molar-refractivity contribution >= 4 is 17.5 Å². The second-order valence-corrected chi connectivity index (χ2v) is 5.76. The Kier molecular flexibility index (Phi) is 7.48. The van der Waals surface area contributed by atoms with Crippen molar-refractivity contribution in [2.24, 2.45) is 11.8 Å². The Hall–Kier alpha value is -0.500. The van der Waals surface area contributed by atoms with Crippen LogP contribution in [0.25, 0.3) is 0 Å². The van der Waals surface area contributed by atoms with E-state index in [1.165, 1.54) is 0 Å². The summed E-state index contributed by atoms with van der Waals surface area (Å²) in [5.41, 5.74) is 0. The van der Waals surface area contributed by atoms with Crippen molar-refractivity contribution in [1.82, 2.24) is 4.90 Å². The molecule has 0 aromatic heterocycles. The molecule has 0 spiro atoms. The highest BCUT2D eigenvalue weighted by atomic mass is 35.5. The minimum Gasteiger partial charge on any atom is -0.339 e. The Balaban J connectivity index is 4.43. The molecule has 94 valence electrons. The number of carbonyl (C=O) groups excluding carboxylic acids is 1. The van der Waals surface area contributed by atoms with Gasteiger partial charge in [0.25, 0.3) is 0 Å². The van der Waals surface area contributed by atoms with Crippen LogP contribution in [0.2, 0.25) is 0 Å². The van der Waals surface area contributed by atoms with Gasteiger partial charge < -0.3 is 4.90 Å². The van der Waals surface area contributed by atoms with Crippen LogP contribution in [-0.4, -0.2) is 29.3 Å². The van der Waals surface area contributed by atoms with Gasteiger partial charge >= 0.3 is 0 Å². The zero-order chi connectivity index (χ0) is 12.7. The first kappa shape index (κ1) is 15.5. The van der Waals surface area contributed by atoms with Crippen LogP contribution in [0.5, 0.6) is 0 Å². The maximum absolute atomic E-state index is 11.9. The molecule has 0 saturated carbocycles. The number of amides is 1. The van der Waals surface area contributed by atoms with Crippen LogP contribution in [0.3, 0.4) is 0 Å². The first-order valence-electron chi connectivity index (χ1n) is 5.94. The number of hydrogen-bond donors (Lipinski definition) is 0. The lowest BCUT2D eigenvalue weighted by molar-refractivity contribution is -0.127. The van der Waals surface area contributed by atoms with E-state index in [4.69, 9.17) is 11.6 Å². The molecule has 3 heteroatoms. The quantitative estimate of drug-likeness (QED) is 0.519. The fourth-order valence-corrected chi connectivity index (χ4v) is 1.53. The number of halogens is 1. The van der Waals surface area contributed by atoms with Crippen LogP contribution in [0.15, 0.2) is 12.2 Å². The third kappa shape index (κ3) is 7.75. The monoisotopic (exact) mass is 245 g/mol. The predicted molar refractivity (Wildman–Crippen MR) is 70.7 cm³/mol. The van der Waals surface area contributed by atoms with Gasteiger partial charge in [-0.3, -0.25) is 4.79 Å². The molecule has 0 aliphatic rings. The lowest BCUT2D eigenvalue weighted by Crippen LogP contribution is -2.35. The Morgan fingerprint density at radius 1 is 1.12 bits per heavy atom. The molecule has 0 aromatic carbocycles. The van der Waals surface area contributed by atoms with Crippen molar-refractivity contribution in [3.8, 4) is 0 Å². The summed E-state index contributed by atoms with van der Waals surface area (Å²) in [6.07, 6.45) is 3.32. The SMILES string of the molecule is CC(Cl)/C=C/C(=O)N(CC(C)C)CC(C)C. The van der Waals surface area contributed by atoms with Gasteiger partial charge in [0.2, 0.25) is 5.91 Å². The molecule has 0 aliphatic heterocycles. The highest BCUT2D eigenvalue weighted by Crippen LogP contribution is 2.05. The average Bonchev–Trinajstić information content (AvgIpc) is 2.11. The Labute approximate surface area is 105 Å². The minimum atomic E-state index is -0.0936. The minimum absolute atomic E-state index is 0.0647. The van der Waals surface area contributed by atoms with Crippen molar-refractivity contribution in [3.05, 3.63) is 12.2 Å². The fraction of sp³-hybridized carbons (Fsp3) is 0.769. The van der Waals surface area contributed by atoms with Crippen molar-refractivity contribution in [2.45, 2.75) is 40.0 Å². The summed E-state index contributed by atoms with van der Waals surface area (Å²) < 4.78 is 0. The van der Waals surface area contributed by atoms with Gasteiger partial charge in [0.15, 0.2) is 0 Å². The molecule has 0 N–H and O–H groups in total. The number of alkyl halides is 1. The summed E-state index contributed by atoms with van der Waals surface area (Å²) in [6.45, 7) is 11.9. The first-order valence-corrected chi connectivity index (χ1v) is 6.37. The molecule has 0 rings (SSSR count). The van der Waals surface area contributed by atoms with E-state index in [2.05, 4.69) is 27.7 Å². The van der Waals surface area contributed by atoms with E-state index >= 15 is 0 Å². The largest absolute Gasteiger partial charge is 0.339 e. The molecule has 2 nitrogen and oxygen atoms in total. The smallest absolute Gasteiger partial charge is 0.246 e. The van der Waals surface area contributed by atoms with Gasteiger partial charge in [-0.2, -0.15) is 0 Å². The zero-order valence-electron chi connectivity index (χ0n) is 11.0. The molecule has 1 unspecified atom stereocenters. The van der Waals surface area contributed by atoms with Crippen molar-refractivity contribution < 1.29 is 4.79 Å². The molecule has 0 aromatic rings. The number of allylic oxidation sites excluding steroid dienone is 1. The molecule has 0 bridgehead atoms. The van der Waals surface area contributed by atoms with Crippen LogP contribution in [0, 0.1) is 11.8 Å². The van der Waals surface area contributed by atoms with Crippen molar-refractivity contribution in [3.63, 3.8) is 0 Å². The lowest BCUT2D eigenvalue weighted by atomic mass is 10.1. The average molecular weight is 246 g/mol. The molecule has 0 saturated heterocycles. The topological polar surface area (TPSA) is 20.3 Å². The van der Waals surface area contributed by atoms with E-state index in [-0.39, 0.29) is 11.3 Å². The van der Waals surface area contributed by atoms with E-state index in [1.807, 2.05) is 11.8 Å². The summed E-state index contributed by atoms with van der Waals surface area (Å²) in [5.74, 6) is 1.05. The van der Waals surface area contributed by atoms with Crippen LogP contribution < -0.4 is 0 Å². The third-order valence-corrected chi connectivity index (χ3v) is 2.13. The molecule has 0 radical (unpaired) electrons. The van der Waals surface area contributed by atoms with E-state index < -0.39 is 0 Å². The highest BCUT2D eigenvalue weighted by molar-refractivity contribution is 6.21. The molecule has 16 heavy (non-hydrogen) atoms. The zero-order valence-corrected chi connectivity index (χ0v) is 11.8. The molecule has 0 aliphatic carbocycles. The van der Waals surface area contributed by atoms with Gasteiger partial charge in [-0.05, 0) is 18.8 Å². The third-order valence-electron chi connectivity index (χ3n) is 1.99. The summed E-state index contributed by atoms with van der Waals surface area (Å²) in [6, 6.07) is 0. The van der Waals surface area contributed by atoms with Crippen molar-refractivity contribution in [2.75, 3.05) is 13.1 Å². The van der Waals surface area contributed by atoms with Gasteiger partial charge in [-0.1, -0.05) is 33.8 Å². The normalized spacial score (nSPS) is 13.8. The molecule has 0 fully saturated rings. The lowest BCUT2D eigenvalue weighted by Gasteiger charge is -2.25. The van der Waals surface area contributed by atoms with E-state index in [0.717, 1.165) is 13.1 Å². The molecular weight excluding hydrogens is 222 g/mol. The molecule has 1 atom stereocenters. The van der Waals surface area contributed by atoms with E-state index in [1.54, 1.807) is 12.2 Å². The van der Waals surface area contributed by atoms with Crippen LogP contribution in [0.1, 0.15) is 34.6 Å². The maximum atomic E-state index is 11.9. The van der Waals surface area contributed by atoms with Gasteiger partial charge in [-0.25, -0.2) is 0 Å². The fourth-order valence-electron chi connectivity index (χ4n) is 1.46. The van der Waals surface area contributed by atoms with Gasteiger partial charge in [0.1, 0.15) is 0 Å². The summed E-state index contributed by atoms with van der Waals surface area (Å²) in [5, 5.41) is -0.0936. The summed E-state index contributed by atoms with van der Waals surface area (Å²) >= 11 is 5.78. The highest BCUT2D eigenvalue weighted by Gasteiger charge is 2.13. The molecule has 1 amide bonds. The number of hydrogen-bond acceptors (Lipinski definition) is 1. The number of nitrogens with zero attached hydrogens (tertiary/aromatic N) is 1. The number of rotatable bonds is 6. The number of carbonyl (C=O) groups is 1. The predicted octanol–water partition coefficient (Wildman–Crippen LogP) is 3.31. The van der Waals surface area contributed by atoms with Crippen LogP contribution >= 0.6 is 11.6 Å². The second-order valence-electron chi connectivity index (χ2n) is 5.07. The first-order chi connectivity index (χ1) is 7.32. The van der Waals surface area contributed by atoms with Gasteiger partial charge in [-0.15, -0.1) is 11.6 Å². The standard InChI is InChI=1S/C13H24ClNO/c1-10(2)8-15(9-11(3)4)13(16)7-6-12(5)14/h6-7,10-12H,8-9H2,1-5H3/b7-6+. The Morgan fingerprint density at radius 2 is 1.56 bits per heavy atom. The van der Waals surface area contributed by atoms with Gasteiger partial charge in [0, 0.05) is 24.5 Å². The maximum Gasteiger partial charge on any atom is 0.246 e. The van der Waals surface area contributed by atoms with Crippen molar-refractivity contribution in [1.29, 1.82) is 0 Å². The Bertz CT molecular complexity index is 224. The van der Waals surface area contributed by atoms with Crippen LogP contribution in [-0.2, 0) is 4.79 Å². The molecule has 0 heterocycles. The summed E-state index contributed by atoms with van der Waals surface area (Å²) in [4.78, 5) is 13.8. The van der Waals surface area contributed by atoms with E-state index in [9.17, 15) is 4.79 Å².